The van der Waals surface area contributed by atoms with Crippen LogP contribution in [0.1, 0.15) is 128 Å². The summed E-state index contributed by atoms with van der Waals surface area (Å²) in [7, 11) is 0. The zero-order valence-corrected chi connectivity index (χ0v) is 21.7. The van der Waals surface area contributed by atoms with Crippen molar-refractivity contribution in [2.24, 2.45) is 5.92 Å². The Hall–Kier alpha value is -1.41. The Balaban J connectivity index is 1.22. The fraction of sp³-hybridized carbons (Fsp3) is 0.667. The molecule has 0 unspecified atom stereocenters. The van der Waals surface area contributed by atoms with Gasteiger partial charge in [0.2, 0.25) is 5.28 Å². The molecule has 2 aromatic rings. The molecule has 3 heteroatoms. The second-order valence-corrected chi connectivity index (χ2v) is 10.6. The van der Waals surface area contributed by atoms with Crippen molar-refractivity contribution in [3.63, 3.8) is 0 Å². The van der Waals surface area contributed by atoms with Crippen LogP contribution in [-0.2, 0) is 0 Å². The molecule has 1 aromatic carbocycles. The van der Waals surface area contributed by atoms with Gasteiger partial charge in [-0.15, -0.1) is 0 Å². The van der Waals surface area contributed by atoms with Gasteiger partial charge in [-0.1, -0.05) is 115 Å². The summed E-state index contributed by atoms with van der Waals surface area (Å²) in [5.74, 6) is 1.70. The smallest absolute Gasteiger partial charge is 0.222 e. The molecule has 1 heterocycles. The van der Waals surface area contributed by atoms with Gasteiger partial charge < -0.3 is 0 Å². The lowest BCUT2D eigenvalue weighted by molar-refractivity contribution is 0.301. The SMILES string of the molecule is CCCCCCCCCCCCCCC1CCC(c2ccc(-c3cnc(Cl)nc3)cc2)CC1. The van der Waals surface area contributed by atoms with Crippen LogP contribution in [0.5, 0.6) is 0 Å². The van der Waals surface area contributed by atoms with Crippen LogP contribution in [-0.4, -0.2) is 9.97 Å². The molecule has 0 amide bonds. The van der Waals surface area contributed by atoms with Crippen molar-refractivity contribution in [2.75, 3.05) is 0 Å². The number of halogens is 1. The summed E-state index contributed by atoms with van der Waals surface area (Å²) >= 11 is 5.80. The van der Waals surface area contributed by atoms with Crippen LogP contribution >= 0.6 is 11.6 Å². The highest BCUT2D eigenvalue weighted by Crippen LogP contribution is 2.38. The third-order valence-electron chi connectivity index (χ3n) is 7.65. The van der Waals surface area contributed by atoms with Crippen molar-refractivity contribution in [1.82, 2.24) is 9.97 Å². The molecule has 0 radical (unpaired) electrons. The minimum absolute atomic E-state index is 0.302. The molecule has 3 rings (SSSR count). The van der Waals surface area contributed by atoms with Crippen molar-refractivity contribution < 1.29 is 0 Å². The van der Waals surface area contributed by atoms with E-state index in [1.54, 1.807) is 12.4 Å². The number of rotatable bonds is 15. The Morgan fingerprint density at radius 1 is 0.667 bits per heavy atom. The van der Waals surface area contributed by atoms with Crippen molar-refractivity contribution in [3.8, 4) is 11.1 Å². The Morgan fingerprint density at radius 3 is 1.73 bits per heavy atom. The maximum atomic E-state index is 5.80. The van der Waals surface area contributed by atoms with E-state index in [0.717, 1.165) is 23.0 Å². The summed E-state index contributed by atoms with van der Waals surface area (Å²) in [5.41, 5.74) is 3.69. The van der Waals surface area contributed by atoms with Gasteiger partial charge in [-0.2, -0.15) is 0 Å². The number of hydrogen-bond acceptors (Lipinski definition) is 2. The first-order valence-electron chi connectivity index (χ1n) is 13.8. The summed E-state index contributed by atoms with van der Waals surface area (Å²) in [4.78, 5) is 8.19. The molecular weight excluding hydrogens is 424 g/mol. The molecule has 0 atom stereocenters. The van der Waals surface area contributed by atoms with Crippen LogP contribution in [0.2, 0.25) is 5.28 Å². The molecule has 0 N–H and O–H groups in total. The average Bonchev–Trinajstić information content (AvgIpc) is 2.86. The molecule has 182 valence electrons. The van der Waals surface area contributed by atoms with E-state index >= 15 is 0 Å². The van der Waals surface area contributed by atoms with Gasteiger partial charge in [-0.3, -0.25) is 0 Å². The number of benzene rings is 1. The van der Waals surface area contributed by atoms with Crippen molar-refractivity contribution in [1.29, 1.82) is 0 Å². The Labute approximate surface area is 208 Å². The highest BCUT2D eigenvalue weighted by Gasteiger charge is 2.22. The lowest BCUT2D eigenvalue weighted by Crippen LogP contribution is -2.13. The molecule has 1 fully saturated rings. The summed E-state index contributed by atoms with van der Waals surface area (Å²) < 4.78 is 0. The Morgan fingerprint density at radius 2 is 1.18 bits per heavy atom. The van der Waals surface area contributed by atoms with Gasteiger partial charge in [0.1, 0.15) is 0 Å². The van der Waals surface area contributed by atoms with Gasteiger partial charge in [0, 0.05) is 18.0 Å². The van der Waals surface area contributed by atoms with Gasteiger partial charge in [0.05, 0.1) is 0 Å². The second-order valence-electron chi connectivity index (χ2n) is 10.3. The number of unbranched alkanes of at least 4 members (excludes halogenated alkanes) is 11. The molecule has 1 aliphatic rings. The molecule has 0 bridgehead atoms. The van der Waals surface area contributed by atoms with Crippen LogP contribution < -0.4 is 0 Å². The molecule has 0 saturated heterocycles. The van der Waals surface area contributed by atoms with Crippen LogP contribution in [0.15, 0.2) is 36.7 Å². The molecule has 1 aliphatic carbocycles. The van der Waals surface area contributed by atoms with Gasteiger partial charge in [-0.05, 0) is 60.2 Å². The number of nitrogens with zero attached hydrogens (tertiary/aromatic N) is 2. The standard InChI is InChI=1S/C30H45ClN2/c1-2-3-4-5-6-7-8-9-10-11-12-13-14-25-15-17-26(18-16-25)27-19-21-28(22-20-27)29-23-32-30(31)33-24-29/h19-26H,2-18H2,1H3. The van der Waals surface area contributed by atoms with Crippen LogP contribution in [0.3, 0.4) is 0 Å². The van der Waals surface area contributed by atoms with E-state index in [-0.39, 0.29) is 0 Å². The topological polar surface area (TPSA) is 25.8 Å². The van der Waals surface area contributed by atoms with Crippen molar-refractivity contribution in [3.05, 3.63) is 47.5 Å². The molecule has 1 aromatic heterocycles. The summed E-state index contributed by atoms with van der Waals surface area (Å²) in [6.45, 7) is 2.30. The highest BCUT2D eigenvalue weighted by atomic mass is 35.5. The first-order valence-corrected chi connectivity index (χ1v) is 14.2. The minimum atomic E-state index is 0.302. The average molecular weight is 469 g/mol. The van der Waals surface area contributed by atoms with Gasteiger partial charge in [0.25, 0.3) is 0 Å². The summed E-state index contributed by atoms with van der Waals surface area (Å²) in [6, 6.07) is 9.03. The lowest BCUT2D eigenvalue weighted by Gasteiger charge is -2.29. The van der Waals surface area contributed by atoms with Crippen molar-refractivity contribution >= 4 is 11.6 Å². The van der Waals surface area contributed by atoms with E-state index in [4.69, 9.17) is 11.6 Å². The lowest BCUT2D eigenvalue weighted by atomic mass is 9.77. The summed E-state index contributed by atoms with van der Waals surface area (Å²) in [5, 5.41) is 0.302. The Bertz CT molecular complexity index is 748. The monoisotopic (exact) mass is 468 g/mol. The second kappa shape index (κ2) is 15.5. The molecule has 33 heavy (non-hydrogen) atoms. The van der Waals surface area contributed by atoms with Crippen molar-refractivity contribution in [2.45, 2.75) is 122 Å². The fourth-order valence-corrected chi connectivity index (χ4v) is 5.57. The molecule has 0 spiro atoms. The van der Waals surface area contributed by atoms with Gasteiger partial charge >= 0.3 is 0 Å². The first kappa shape index (κ1) is 26.2. The predicted octanol–water partition coefficient (Wildman–Crippen LogP) is 10.2. The minimum Gasteiger partial charge on any atom is -0.226 e. The van der Waals surface area contributed by atoms with Crippen LogP contribution in [0.4, 0.5) is 0 Å². The maximum absolute atomic E-state index is 5.80. The van der Waals surface area contributed by atoms with Crippen LogP contribution in [0, 0.1) is 5.92 Å². The van der Waals surface area contributed by atoms with E-state index in [2.05, 4.69) is 41.2 Å². The van der Waals surface area contributed by atoms with Gasteiger partial charge in [0.15, 0.2) is 0 Å². The molecule has 1 saturated carbocycles. The number of aromatic nitrogens is 2. The zero-order chi connectivity index (χ0) is 23.1. The van der Waals surface area contributed by atoms with E-state index in [9.17, 15) is 0 Å². The highest BCUT2D eigenvalue weighted by molar-refractivity contribution is 6.28. The van der Waals surface area contributed by atoms with Gasteiger partial charge in [-0.25, -0.2) is 9.97 Å². The Kier molecular flexibility index (Phi) is 12.3. The number of hydrogen-bond donors (Lipinski definition) is 0. The van der Waals surface area contributed by atoms with E-state index in [0.29, 0.717) is 5.28 Å². The van der Waals surface area contributed by atoms with Crippen LogP contribution in [0.25, 0.3) is 11.1 Å². The van der Waals surface area contributed by atoms with E-state index in [1.807, 2.05) is 0 Å². The largest absolute Gasteiger partial charge is 0.226 e. The molecule has 2 nitrogen and oxygen atoms in total. The quantitative estimate of drug-likeness (QED) is 0.192. The summed E-state index contributed by atoms with van der Waals surface area (Å²) in [6.07, 6.45) is 27.9. The zero-order valence-electron chi connectivity index (χ0n) is 20.9. The predicted molar refractivity (Wildman–Crippen MR) is 143 cm³/mol. The molecule has 0 aliphatic heterocycles. The third kappa shape index (κ3) is 9.77. The van der Waals surface area contributed by atoms with E-state index in [1.165, 1.54) is 115 Å². The normalized spacial score (nSPS) is 18.5. The maximum Gasteiger partial charge on any atom is 0.222 e. The third-order valence-corrected chi connectivity index (χ3v) is 7.84. The fourth-order valence-electron chi connectivity index (χ4n) is 5.47. The first-order chi connectivity index (χ1) is 16.3. The van der Waals surface area contributed by atoms with E-state index < -0.39 is 0 Å². The molecular formula is C30H45ClN2.